The topological polar surface area (TPSA) is 71.6 Å². The first-order valence-electron chi connectivity index (χ1n) is 6.04. The first-order valence-corrected chi connectivity index (χ1v) is 6.04. The highest BCUT2D eigenvalue weighted by molar-refractivity contribution is 5.46. The van der Waals surface area contributed by atoms with Crippen LogP contribution in [0.3, 0.4) is 0 Å². The zero-order valence-electron chi connectivity index (χ0n) is 10.7. The minimum Gasteiger partial charge on any atom is -0.388 e. The molecule has 1 aromatic rings. The summed E-state index contributed by atoms with van der Waals surface area (Å²) in [6.45, 7) is 1.11. The fourth-order valence-corrected chi connectivity index (χ4v) is 2.16. The molecule has 1 aliphatic rings. The SMILES string of the molecule is CN(CC1(O)CCOCC1)c1nc(N)c(F)cc1F. The number of halogens is 2. The molecule has 0 atom stereocenters. The van der Waals surface area contributed by atoms with E-state index in [1.165, 1.54) is 4.90 Å². The molecule has 0 aliphatic carbocycles. The minimum atomic E-state index is -0.954. The third-order valence-electron chi connectivity index (χ3n) is 3.25. The number of hydrogen-bond acceptors (Lipinski definition) is 5. The van der Waals surface area contributed by atoms with Crippen molar-refractivity contribution in [1.82, 2.24) is 4.98 Å². The quantitative estimate of drug-likeness (QED) is 0.857. The third kappa shape index (κ3) is 3.10. The number of anilines is 2. The Bertz CT molecular complexity index is 465. The summed E-state index contributed by atoms with van der Waals surface area (Å²) in [5.74, 6) is -2.12. The van der Waals surface area contributed by atoms with Gasteiger partial charge in [-0.3, -0.25) is 0 Å². The van der Waals surface area contributed by atoms with Crippen molar-refractivity contribution in [3.8, 4) is 0 Å². The highest BCUT2D eigenvalue weighted by Gasteiger charge is 2.32. The highest BCUT2D eigenvalue weighted by Crippen LogP contribution is 2.25. The number of hydrogen-bond donors (Lipinski definition) is 2. The second-order valence-electron chi connectivity index (χ2n) is 4.85. The number of ether oxygens (including phenoxy) is 1. The number of rotatable bonds is 3. The minimum absolute atomic E-state index is 0.0705. The van der Waals surface area contributed by atoms with Crippen molar-refractivity contribution in [2.24, 2.45) is 0 Å². The van der Waals surface area contributed by atoms with Gasteiger partial charge in [-0.05, 0) is 0 Å². The molecule has 0 unspecified atom stereocenters. The summed E-state index contributed by atoms with van der Waals surface area (Å²) in [4.78, 5) is 5.12. The van der Waals surface area contributed by atoms with Crippen LogP contribution in [0.1, 0.15) is 12.8 Å². The number of nitrogens with two attached hydrogens (primary N) is 1. The second-order valence-corrected chi connectivity index (χ2v) is 4.85. The van der Waals surface area contributed by atoms with E-state index in [0.29, 0.717) is 32.1 Å². The number of pyridine rings is 1. The van der Waals surface area contributed by atoms with Gasteiger partial charge in [-0.1, -0.05) is 0 Å². The molecule has 2 rings (SSSR count). The molecule has 7 heteroatoms. The molecule has 0 aromatic carbocycles. The Morgan fingerprint density at radius 1 is 1.42 bits per heavy atom. The van der Waals surface area contributed by atoms with E-state index in [4.69, 9.17) is 10.5 Å². The van der Waals surface area contributed by atoms with Gasteiger partial charge in [0, 0.05) is 45.7 Å². The maximum Gasteiger partial charge on any atom is 0.168 e. The first-order chi connectivity index (χ1) is 8.91. The number of nitrogen functional groups attached to an aromatic ring is 1. The average Bonchev–Trinajstić information content (AvgIpc) is 2.34. The molecule has 0 spiro atoms. The number of aliphatic hydroxyl groups is 1. The first kappa shape index (κ1) is 14.0. The van der Waals surface area contributed by atoms with Crippen molar-refractivity contribution < 1.29 is 18.6 Å². The van der Waals surface area contributed by atoms with Gasteiger partial charge in [0.15, 0.2) is 23.3 Å². The van der Waals surface area contributed by atoms with E-state index >= 15 is 0 Å². The van der Waals surface area contributed by atoms with Gasteiger partial charge in [0.05, 0.1) is 5.60 Å². The molecular formula is C12H17F2N3O2. The fraction of sp³-hybridized carbons (Fsp3) is 0.583. The summed E-state index contributed by atoms with van der Waals surface area (Å²) in [6, 6.07) is 0.697. The predicted octanol–water partition coefficient (Wildman–Crippen LogP) is 0.920. The van der Waals surface area contributed by atoms with E-state index in [1.54, 1.807) is 7.05 Å². The van der Waals surface area contributed by atoms with E-state index in [2.05, 4.69) is 4.98 Å². The van der Waals surface area contributed by atoms with Crippen molar-refractivity contribution in [1.29, 1.82) is 0 Å². The van der Waals surface area contributed by atoms with Crippen molar-refractivity contribution >= 4 is 11.6 Å². The van der Waals surface area contributed by atoms with Crippen LogP contribution in [0.5, 0.6) is 0 Å². The Hall–Kier alpha value is -1.47. The molecule has 1 aromatic heterocycles. The zero-order chi connectivity index (χ0) is 14.0. The van der Waals surface area contributed by atoms with Gasteiger partial charge in [0.2, 0.25) is 0 Å². The predicted molar refractivity (Wildman–Crippen MR) is 66.8 cm³/mol. The molecule has 0 amide bonds. The molecule has 3 N–H and O–H groups in total. The molecule has 1 fully saturated rings. The van der Waals surface area contributed by atoms with Gasteiger partial charge in [0.25, 0.3) is 0 Å². The Balaban J connectivity index is 2.15. The Morgan fingerprint density at radius 2 is 2.05 bits per heavy atom. The molecule has 19 heavy (non-hydrogen) atoms. The van der Waals surface area contributed by atoms with Gasteiger partial charge in [-0.15, -0.1) is 0 Å². The van der Waals surface area contributed by atoms with Crippen molar-refractivity contribution in [3.05, 3.63) is 17.7 Å². The summed E-state index contributed by atoms with van der Waals surface area (Å²) in [7, 11) is 1.58. The molecule has 1 saturated heterocycles. The van der Waals surface area contributed by atoms with Gasteiger partial charge < -0.3 is 20.5 Å². The maximum atomic E-state index is 13.7. The monoisotopic (exact) mass is 273 g/mol. The number of likely N-dealkylation sites (N-methyl/N-ethyl adjacent to an activating group) is 1. The summed E-state index contributed by atoms with van der Waals surface area (Å²) in [5.41, 5.74) is 4.38. The van der Waals surface area contributed by atoms with Crippen LogP contribution in [-0.2, 0) is 4.74 Å². The molecule has 5 nitrogen and oxygen atoms in total. The summed E-state index contributed by atoms with van der Waals surface area (Å²) >= 11 is 0. The molecule has 2 heterocycles. The lowest BCUT2D eigenvalue weighted by molar-refractivity contribution is -0.0573. The smallest absolute Gasteiger partial charge is 0.168 e. The van der Waals surface area contributed by atoms with Crippen LogP contribution in [-0.4, -0.2) is 42.5 Å². The van der Waals surface area contributed by atoms with Gasteiger partial charge in [0.1, 0.15) is 0 Å². The molecule has 1 aliphatic heterocycles. The highest BCUT2D eigenvalue weighted by atomic mass is 19.1. The van der Waals surface area contributed by atoms with E-state index in [1.807, 2.05) is 0 Å². The maximum absolute atomic E-state index is 13.7. The lowest BCUT2D eigenvalue weighted by Gasteiger charge is -2.35. The van der Waals surface area contributed by atoms with Crippen LogP contribution in [0.25, 0.3) is 0 Å². The summed E-state index contributed by atoms with van der Waals surface area (Å²) < 4.78 is 31.9. The summed E-state index contributed by atoms with van der Waals surface area (Å²) in [6.07, 6.45) is 0.936. The molecule has 0 bridgehead atoms. The normalized spacial score (nSPS) is 18.3. The van der Waals surface area contributed by atoms with Crippen molar-refractivity contribution in [2.75, 3.05) is 37.4 Å². The van der Waals surface area contributed by atoms with Crippen LogP contribution in [0.2, 0.25) is 0 Å². The zero-order valence-corrected chi connectivity index (χ0v) is 10.7. The Labute approximate surface area is 110 Å². The average molecular weight is 273 g/mol. The second kappa shape index (κ2) is 5.26. The molecule has 0 saturated carbocycles. The number of nitrogens with zero attached hydrogens (tertiary/aromatic N) is 2. The van der Waals surface area contributed by atoms with Gasteiger partial charge in [-0.25, -0.2) is 13.8 Å². The van der Waals surface area contributed by atoms with Gasteiger partial charge >= 0.3 is 0 Å². The van der Waals surface area contributed by atoms with Crippen LogP contribution in [0.4, 0.5) is 20.4 Å². The van der Waals surface area contributed by atoms with Crippen LogP contribution in [0.15, 0.2) is 6.07 Å². The largest absolute Gasteiger partial charge is 0.388 e. The van der Waals surface area contributed by atoms with E-state index in [0.717, 1.165) is 0 Å². The standard InChI is InChI=1S/C12H17F2N3O2/c1-17(7-12(18)2-4-19-5-3-12)11-9(14)6-8(13)10(15)16-11/h6,18H,2-5,7H2,1H3,(H2,15,16). The van der Waals surface area contributed by atoms with Crippen LogP contribution < -0.4 is 10.6 Å². The molecule has 106 valence electrons. The van der Waals surface area contributed by atoms with Crippen molar-refractivity contribution in [2.45, 2.75) is 18.4 Å². The summed E-state index contributed by atoms with van der Waals surface area (Å²) in [5, 5.41) is 10.3. The van der Waals surface area contributed by atoms with Gasteiger partial charge in [-0.2, -0.15) is 0 Å². The Kier molecular flexibility index (Phi) is 3.86. The Morgan fingerprint density at radius 3 is 2.68 bits per heavy atom. The third-order valence-corrected chi connectivity index (χ3v) is 3.25. The van der Waals surface area contributed by atoms with Crippen molar-refractivity contribution in [3.63, 3.8) is 0 Å². The van der Waals surface area contributed by atoms with Crippen LogP contribution >= 0.6 is 0 Å². The van der Waals surface area contributed by atoms with E-state index in [-0.39, 0.29) is 18.2 Å². The fourth-order valence-electron chi connectivity index (χ4n) is 2.16. The molecular weight excluding hydrogens is 256 g/mol. The van der Waals surface area contributed by atoms with Crippen LogP contribution in [0, 0.1) is 11.6 Å². The number of aromatic nitrogens is 1. The van der Waals surface area contributed by atoms with E-state index < -0.39 is 17.2 Å². The lowest BCUT2D eigenvalue weighted by Crippen LogP contribution is -2.46. The lowest BCUT2D eigenvalue weighted by atomic mass is 9.94. The van der Waals surface area contributed by atoms with E-state index in [9.17, 15) is 13.9 Å². The molecule has 0 radical (unpaired) electrons.